The number of hydrogen-bond acceptors (Lipinski definition) is 4. The summed E-state index contributed by atoms with van der Waals surface area (Å²) in [6.45, 7) is -0.996. The summed E-state index contributed by atoms with van der Waals surface area (Å²) >= 11 is 9.24. The molecule has 160 valence electrons. The first-order valence-corrected chi connectivity index (χ1v) is 12.2. The molecule has 5 nitrogen and oxygen atoms in total. The van der Waals surface area contributed by atoms with Crippen molar-refractivity contribution in [2.45, 2.75) is 24.3 Å². The van der Waals surface area contributed by atoms with E-state index in [-0.39, 0.29) is 18.5 Å². The third-order valence-corrected chi connectivity index (χ3v) is 8.39. The van der Waals surface area contributed by atoms with E-state index in [2.05, 4.69) is 15.9 Å². The van der Waals surface area contributed by atoms with E-state index in [1.54, 1.807) is 6.07 Å². The Morgan fingerprint density at radius 2 is 1.87 bits per heavy atom. The summed E-state index contributed by atoms with van der Waals surface area (Å²) in [6, 6.07) is 13.8. The van der Waals surface area contributed by atoms with Gasteiger partial charge < -0.3 is 4.90 Å². The van der Waals surface area contributed by atoms with Crippen LogP contribution in [0.25, 0.3) is 0 Å². The van der Waals surface area contributed by atoms with E-state index >= 15 is 4.39 Å². The van der Waals surface area contributed by atoms with Crippen LogP contribution in [0.15, 0.2) is 53.0 Å². The zero-order chi connectivity index (χ0) is 21.9. The Morgan fingerprint density at radius 1 is 1.17 bits per heavy atom. The van der Waals surface area contributed by atoms with Crippen molar-refractivity contribution in [3.63, 3.8) is 0 Å². The number of carbonyl (C=O) groups is 2. The minimum atomic E-state index is -4.32. The van der Waals surface area contributed by atoms with Crippen molar-refractivity contribution >= 4 is 49.1 Å². The van der Waals surface area contributed by atoms with Crippen LogP contribution in [0.5, 0.6) is 0 Å². The lowest BCUT2D eigenvalue weighted by Gasteiger charge is -2.36. The van der Waals surface area contributed by atoms with Crippen molar-refractivity contribution in [2.24, 2.45) is 0 Å². The standard InChI is InChI=1S/C21H20BrClFNO4S/c22-17-10-9-16(13-18(17)23)20(27)25-11-12-30(28,29)21(24,14-25)19(26)8-4-7-15-5-2-1-3-6-15/h1-3,5-6,9-10,13H,4,7-8,11-12,14H2/t21-/m0/s1. The highest BCUT2D eigenvalue weighted by atomic mass is 79.9. The van der Waals surface area contributed by atoms with Gasteiger partial charge in [-0.2, -0.15) is 0 Å². The highest BCUT2D eigenvalue weighted by Crippen LogP contribution is 2.31. The Balaban J connectivity index is 1.73. The average molecular weight is 517 g/mol. The number of ketones is 1. The molecule has 30 heavy (non-hydrogen) atoms. The first-order chi connectivity index (χ1) is 14.1. The molecule has 0 bridgehead atoms. The molecule has 1 saturated heterocycles. The van der Waals surface area contributed by atoms with E-state index in [9.17, 15) is 18.0 Å². The fourth-order valence-corrected chi connectivity index (χ4v) is 5.36. The number of Topliss-reactive ketones (excluding diaryl/α,β-unsaturated/α-hetero) is 1. The SMILES string of the molecule is O=C(c1ccc(Br)c(Cl)c1)N1CCS(=O)(=O)[C@](F)(C(=O)CCCc2ccccc2)C1. The van der Waals surface area contributed by atoms with Crippen LogP contribution in [0.4, 0.5) is 4.39 Å². The molecule has 1 atom stereocenters. The Kier molecular flexibility index (Phi) is 6.99. The highest BCUT2D eigenvalue weighted by molar-refractivity contribution is 9.10. The number of hydrogen-bond donors (Lipinski definition) is 0. The van der Waals surface area contributed by atoms with Gasteiger partial charge in [-0.05, 0) is 52.5 Å². The predicted octanol–water partition coefficient (Wildman–Crippen LogP) is 4.23. The summed E-state index contributed by atoms with van der Waals surface area (Å²) < 4.78 is 41.0. The van der Waals surface area contributed by atoms with Gasteiger partial charge in [0, 0.05) is 23.0 Å². The van der Waals surface area contributed by atoms with E-state index in [4.69, 9.17) is 11.6 Å². The maximum atomic E-state index is 15.6. The van der Waals surface area contributed by atoms with Gasteiger partial charge in [0.05, 0.1) is 17.3 Å². The quantitative estimate of drug-likeness (QED) is 0.576. The maximum absolute atomic E-state index is 15.6. The van der Waals surface area contributed by atoms with Gasteiger partial charge in [0.15, 0.2) is 15.6 Å². The average Bonchev–Trinajstić information content (AvgIpc) is 2.72. The van der Waals surface area contributed by atoms with Crippen LogP contribution < -0.4 is 0 Å². The summed E-state index contributed by atoms with van der Waals surface area (Å²) in [4.78, 5) is 26.4. The third kappa shape index (κ3) is 4.76. The number of alkyl halides is 1. The molecule has 0 unspecified atom stereocenters. The normalized spacial score (nSPS) is 20.7. The second-order valence-electron chi connectivity index (χ2n) is 7.17. The number of halogens is 3. The third-order valence-electron chi connectivity index (χ3n) is 5.10. The van der Waals surface area contributed by atoms with E-state index in [1.807, 2.05) is 30.3 Å². The number of amides is 1. The van der Waals surface area contributed by atoms with E-state index in [0.717, 1.165) is 10.5 Å². The zero-order valence-corrected chi connectivity index (χ0v) is 19.1. The summed E-state index contributed by atoms with van der Waals surface area (Å²) in [5, 5.41) is -2.80. The molecular weight excluding hydrogens is 497 g/mol. The van der Waals surface area contributed by atoms with Gasteiger partial charge in [-0.3, -0.25) is 9.59 Å². The molecule has 0 saturated carbocycles. The van der Waals surface area contributed by atoms with Crippen LogP contribution in [0, 0.1) is 0 Å². The molecule has 3 rings (SSSR count). The fourth-order valence-electron chi connectivity index (χ4n) is 3.35. The highest BCUT2D eigenvalue weighted by Gasteiger charge is 2.54. The topological polar surface area (TPSA) is 71.5 Å². The molecule has 0 aromatic heterocycles. The molecule has 1 fully saturated rings. The second kappa shape index (κ2) is 9.16. The summed E-state index contributed by atoms with van der Waals surface area (Å²) in [6.07, 6.45) is 0.625. The van der Waals surface area contributed by atoms with Crippen LogP contribution in [0.1, 0.15) is 28.8 Å². The Hall–Kier alpha value is -1.77. The first-order valence-electron chi connectivity index (χ1n) is 9.37. The van der Waals surface area contributed by atoms with Crippen LogP contribution in [-0.4, -0.2) is 48.9 Å². The molecule has 1 heterocycles. The van der Waals surface area contributed by atoms with Gasteiger partial charge in [-0.25, -0.2) is 12.8 Å². The maximum Gasteiger partial charge on any atom is 0.284 e. The van der Waals surface area contributed by atoms with Crippen molar-refractivity contribution in [3.05, 3.63) is 69.2 Å². The monoisotopic (exact) mass is 515 g/mol. The van der Waals surface area contributed by atoms with Crippen molar-refractivity contribution in [1.82, 2.24) is 4.90 Å². The molecule has 0 aliphatic carbocycles. The van der Waals surface area contributed by atoms with E-state index in [0.29, 0.717) is 22.3 Å². The van der Waals surface area contributed by atoms with Crippen molar-refractivity contribution in [1.29, 1.82) is 0 Å². The van der Waals surface area contributed by atoms with Crippen molar-refractivity contribution in [2.75, 3.05) is 18.8 Å². The van der Waals surface area contributed by atoms with Gasteiger partial charge in [0.2, 0.25) is 0 Å². The summed E-state index contributed by atoms with van der Waals surface area (Å²) in [7, 11) is -4.32. The van der Waals surface area contributed by atoms with Gasteiger partial charge in [-0.15, -0.1) is 0 Å². The lowest BCUT2D eigenvalue weighted by molar-refractivity contribution is -0.126. The minimum Gasteiger partial charge on any atom is -0.333 e. The second-order valence-corrected chi connectivity index (χ2v) is 10.7. The van der Waals surface area contributed by atoms with Crippen molar-refractivity contribution < 1.29 is 22.4 Å². The molecular formula is C21H20BrClFNO4S. The first kappa shape index (κ1) is 22.9. The lowest BCUT2D eigenvalue weighted by atomic mass is 10.0. The number of sulfone groups is 1. The van der Waals surface area contributed by atoms with Crippen LogP contribution in [0.2, 0.25) is 5.02 Å². The van der Waals surface area contributed by atoms with Crippen LogP contribution in [-0.2, 0) is 21.1 Å². The molecule has 9 heteroatoms. The Bertz CT molecular complexity index is 1060. The van der Waals surface area contributed by atoms with Crippen molar-refractivity contribution in [3.8, 4) is 0 Å². The molecule has 0 spiro atoms. The van der Waals surface area contributed by atoms with Crippen LogP contribution >= 0.6 is 27.5 Å². The minimum absolute atomic E-state index is 0.183. The predicted molar refractivity (Wildman–Crippen MR) is 117 cm³/mol. The van der Waals surface area contributed by atoms with Gasteiger partial charge >= 0.3 is 0 Å². The number of aryl methyl sites for hydroxylation is 1. The molecule has 1 amide bonds. The molecule has 1 aliphatic heterocycles. The summed E-state index contributed by atoms with van der Waals surface area (Å²) in [5.41, 5.74) is 1.18. The fraction of sp³-hybridized carbons (Fsp3) is 0.333. The molecule has 0 N–H and O–H groups in total. The number of carbonyl (C=O) groups excluding carboxylic acids is 2. The molecule has 1 aliphatic rings. The van der Waals surface area contributed by atoms with E-state index in [1.165, 1.54) is 12.1 Å². The zero-order valence-electron chi connectivity index (χ0n) is 16.0. The summed E-state index contributed by atoms with van der Waals surface area (Å²) in [5.74, 6) is -2.19. The largest absolute Gasteiger partial charge is 0.333 e. The Labute approximate surface area is 188 Å². The number of nitrogens with zero attached hydrogens (tertiary/aromatic N) is 1. The van der Waals surface area contributed by atoms with Gasteiger partial charge in [0.1, 0.15) is 0 Å². The smallest absolute Gasteiger partial charge is 0.284 e. The molecule has 0 radical (unpaired) electrons. The lowest BCUT2D eigenvalue weighted by Crippen LogP contribution is -2.59. The van der Waals surface area contributed by atoms with Gasteiger partial charge in [-0.1, -0.05) is 41.9 Å². The Morgan fingerprint density at radius 3 is 2.53 bits per heavy atom. The van der Waals surface area contributed by atoms with E-state index < -0.39 is 38.8 Å². The molecule has 2 aromatic carbocycles. The number of benzene rings is 2. The molecule has 2 aromatic rings. The van der Waals surface area contributed by atoms with Gasteiger partial charge in [0.25, 0.3) is 10.9 Å². The van der Waals surface area contributed by atoms with Crippen LogP contribution in [0.3, 0.4) is 0 Å². The number of rotatable bonds is 6.